The first-order valence-electron chi connectivity index (χ1n) is 16.3. The SMILES string of the molecule is CC(C)C1=C2[C@@H](CC/C(=C/c3cccc(O)c3)c3ccccc3)OB(O)C[C@@H]2[C@@H]2C(=O)N(c3cc(C(F)(F)F)cc(C(F)(F)F)c3)C(=O)[C@@H]2C1. The van der Waals surface area contributed by atoms with Gasteiger partial charge in [0.05, 0.1) is 34.8 Å². The number of halogens is 6. The number of rotatable bonds is 7. The highest BCUT2D eigenvalue weighted by Gasteiger charge is 2.58. The van der Waals surface area contributed by atoms with Crippen molar-refractivity contribution in [1.29, 1.82) is 0 Å². The molecule has 0 spiro atoms. The van der Waals surface area contributed by atoms with E-state index in [1.165, 1.54) is 0 Å². The van der Waals surface area contributed by atoms with Gasteiger partial charge in [-0.1, -0.05) is 68.0 Å². The number of allylic oxidation sites excluding steroid dienone is 2. The number of carbonyl (C=O) groups is 2. The molecule has 4 atom stereocenters. The van der Waals surface area contributed by atoms with Gasteiger partial charge in [0.15, 0.2) is 0 Å². The third-order valence-corrected chi connectivity index (χ3v) is 9.80. The summed E-state index contributed by atoms with van der Waals surface area (Å²) in [6.07, 6.45) is -8.30. The Morgan fingerprint density at radius 3 is 2.18 bits per heavy atom. The average Bonchev–Trinajstić information content (AvgIpc) is 3.30. The summed E-state index contributed by atoms with van der Waals surface area (Å²) in [4.78, 5) is 28.4. The number of hydrogen-bond acceptors (Lipinski definition) is 5. The summed E-state index contributed by atoms with van der Waals surface area (Å²) in [5.41, 5.74) is 0.0687. The topological polar surface area (TPSA) is 87.1 Å². The first-order valence-corrected chi connectivity index (χ1v) is 16.3. The monoisotopic (exact) mass is 697 g/mol. The van der Waals surface area contributed by atoms with Gasteiger partial charge in [-0.2, -0.15) is 26.3 Å². The standard InChI is InChI=1S/C37H34BF6NO5/c1-20(2)28-18-29-33(35(48)45(34(29)47)26-16-24(36(39,40)41)15-25(17-26)37(42,43)44)30-19-38(49)50-31(32(28)30)12-11-23(22-8-4-3-5-9-22)13-21-7-6-10-27(46)14-21/h3-10,13-17,20,29-31,33,46,49H,11-12,18-19H2,1-2H3/b23-13-/t29-,30+,31-,33-/m1/s1. The molecule has 2 aliphatic heterocycles. The van der Waals surface area contributed by atoms with E-state index < -0.39 is 72.0 Å². The molecule has 2 amide bonds. The van der Waals surface area contributed by atoms with Crippen LogP contribution in [0, 0.1) is 23.7 Å². The number of alkyl halides is 6. The Morgan fingerprint density at radius 2 is 1.58 bits per heavy atom. The number of nitrogens with zero attached hydrogens (tertiary/aromatic N) is 1. The van der Waals surface area contributed by atoms with Crippen LogP contribution in [0.5, 0.6) is 5.75 Å². The van der Waals surface area contributed by atoms with E-state index in [0.29, 0.717) is 29.9 Å². The van der Waals surface area contributed by atoms with Crippen LogP contribution in [0.2, 0.25) is 6.32 Å². The quantitative estimate of drug-likeness (QED) is 0.0852. The molecule has 0 aromatic heterocycles. The third-order valence-electron chi connectivity index (χ3n) is 9.80. The third kappa shape index (κ3) is 6.98. The van der Waals surface area contributed by atoms with Gasteiger partial charge in [0.2, 0.25) is 11.8 Å². The van der Waals surface area contributed by atoms with Crippen LogP contribution >= 0.6 is 0 Å². The average molecular weight is 697 g/mol. The van der Waals surface area contributed by atoms with E-state index in [9.17, 15) is 46.1 Å². The molecule has 6 rings (SSSR count). The van der Waals surface area contributed by atoms with Gasteiger partial charge in [-0.05, 0) is 90.0 Å². The van der Waals surface area contributed by atoms with E-state index in [1.807, 2.05) is 56.3 Å². The van der Waals surface area contributed by atoms with Gasteiger partial charge in [0, 0.05) is 0 Å². The number of benzene rings is 3. The summed E-state index contributed by atoms with van der Waals surface area (Å²) in [6, 6.07) is 17.0. The van der Waals surface area contributed by atoms with Gasteiger partial charge >= 0.3 is 19.5 Å². The second kappa shape index (κ2) is 13.4. The number of aromatic hydroxyl groups is 1. The zero-order chi connectivity index (χ0) is 36.1. The molecule has 2 heterocycles. The minimum Gasteiger partial charge on any atom is -0.508 e. The molecule has 2 saturated heterocycles. The Bertz CT molecular complexity index is 1820. The number of anilines is 1. The van der Waals surface area contributed by atoms with Gasteiger partial charge in [-0.3, -0.25) is 9.59 Å². The van der Waals surface area contributed by atoms with E-state index in [4.69, 9.17) is 4.65 Å². The lowest BCUT2D eigenvalue weighted by atomic mass is 9.57. The van der Waals surface area contributed by atoms with Gasteiger partial charge in [-0.15, -0.1) is 0 Å². The van der Waals surface area contributed by atoms with Crippen molar-refractivity contribution in [3.8, 4) is 5.75 Å². The Balaban J connectivity index is 1.36. The molecule has 0 bridgehead atoms. The van der Waals surface area contributed by atoms with Crippen LogP contribution in [-0.2, 0) is 26.6 Å². The fourth-order valence-electron chi connectivity index (χ4n) is 7.63. The molecule has 0 saturated carbocycles. The highest BCUT2D eigenvalue weighted by atomic mass is 19.4. The van der Waals surface area contributed by atoms with E-state index in [2.05, 4.69) is 0 Å². The molecule has 3 aromatic rings. The van der Waals surface area contributed by atoms with E-state index in [1.54, 1.807) is 18.2 Å². The van der Waals surface area contributed by atoms with E-state index in [-0.39, 0.29) is 30.5 Å². The number of carbonyl (C=O) groups excluding carboxylic acids is 2. The molecular weight excluding hydrogens is 663 g/mol. The van der Waals surface area contributed by atoms with Crippen molar-refractivity contribution in [1.82, 2.24) is 0 Å². The molecule has 6 nitrogen and oxygen atoms in total. The second-order valence-electron chi connectivity index (χ2n) is 13.3. The molecule has 1 aliphatic carbocycles. The van der Waals surface area contributed by atoms with Crippen molar-refractivity contribution in [3.63, 3.8) is 0 Å². The molecule has 3 aliphatic rings. The Kier molecular flexibility index (Phi) is 9.51. The summed E-state index contributed by atoms with van der Waals surface area (Å²) in [7, 11) is -1.33. The van der Waals surface area contributed by atoms with Gasteiger partial charge < -0.3 is 14.8 Å². The lowest BCUT2D eigenvalue weighted by molar-refractivity contribution is -0.143. The summed E-state index contributed by atoms with van der Waals surface area (Å²) >= 11 is 0. The van der Waals surface area contributed by atoms with Crippen LogP contribution in [0.25, 0.3) is 11.6 Å². The molecular formula is C37H34BF6NO5. The first-order chi connectivity index (χ1) is 23.5. The molecule has 3 aromatic carbocycles. The first kappa shape index (κ1) is 35.5. The number of imide groups is 1. The minimum absolute atomic E-state index is 0.0454. The normalized spacial score (nSPS) is 23.1. The van der Waals surface area contributed by atoms with Gasteiger partial charge in [-0.25, -0.2) is 4.90 Å². The minimum atomic E-state index is -5.17. The number of phenols is 1. The van der Waals surface area contributed by atoms with Crippen molar-refractivity contribution in [2.45, 2.75) is 57.9 Å². The molecule has 50 heavy (non-hydrogen) atoms. The highest BCUT2D eigenvalue weighted by Crippen LogP contribution is 2.53. The van der Waals surface area contributed by atoms with E-state index in [0.717, 1.165) is 27.8 Å². The van der Waals surface area contributed by atoms with E-state index >= 15 is 0 Å². The van der Waals surface area contributed by atoms with Crippen molar-refractivity contribution < 1.29 is 50.7 Å². The molecule has 0 unspecified atom stereocenters. The van der Waals surface area contributed by atoms with Gasteiger partial charge in [0.25, 0.3) is 0 Å². The van der Waals surface area contributed by atoms with Crippen LogP contribution in [0.4, 0.5) is 32.0 Å². The Hall–Kier alpha value is -4.36. The summed E-state index contributed by atoms with van der Waals surface area (Å²) in [5, 5.41) is 21.0. The molecule has 13 heteroatoms. The van der Waals surface area contributed by atoms with Crippen molar-refractivity contribution in [3.05, 3.63) is 106 Å². The Morgan fingerprint density at radius 1 is 0.920 bits per heavy atom. The zero-order valence-electron chi connectivity index (χ0n) is 27.1. The molecule has 0 radical (unpaired) electrons. The zero-order valence-corrected chi connectivity index (χ0v) is 27.1. The Labute approximate surface area is 285 Å². The maximum Gasteiger partial charge on any atom is 0.455 e. The largest absolute Gasteiger partial charge is 0.508 e. The molecule has 2 N–H and O–H groups in total. The number of phenolic OH excluding ortho intramolecular Hbond substituents is 1. The number of amides is 2. The van der Waals surface area contributed by atoms with Crippen LogP contribution in [-0.4, -0.2) is 35.2 Å². The fourth-order valence-corrected chi connectivity index (χ4v) is 7.63. The summed E-state index contributed by atoms with van der Waals surface area (Å²) in [5.74, 6) is -4.70. The number of fused-ring (bicyclic) bond motifs is 3. The van der Waals surface area contributed by atoms with Crippen LogP contribution < -0.4 is 4.90 Å². The lowest BCUT2D eigenvalue weighted by Gasteiger charge is -2.44. The maximum atomic E-state index is 14.1. The van der Waals surface area contributed by atoms with Crippen LogP contribution in [0.3, 0.4) is 0 Å². The fraction of sp³-hybridized carbons (Fsp3) is 0.351. The second-order valence-corrected chi connectivity index (χ2v) is 13.3. The van der Waals surface area contributed by atoms with Crippen molar-refractivity contribution >= 4 is 36.3 Å². The van der Waals surface area contributed by atoms with Crippen molar-refractivity contribution in [2.75, 3.05) is 4.90 Å². The molecule has 262 valence electrons. The predicted octanol–water partition coefficient (Wildman–Crippen LogP) is 8.41. The molecule has 2 fully saturated rings. The lowest BCUT2D eigenvalue weighted by Crippen LogP contribution is -2.46. The maximum absolute atomic E-state index is 14.1. The summed E-state index contributed by atoms with van der Waals surface area (Å²) in [6.45, 7) is 3.81. The van der Waals surface area contributed by atoms with Crippen molar-refractivity contribution in [2.24, 2.45) is 23.7 Å². The predicted molar refractivity (Wildman–Crippen MR) is 175 cm³/mol. The summed E-state index contributed by atoms with van der Waals surface area (Å²) < 4.78 is 88.4. The van der Waals surface area contributed by atoms with Crippen LogP contribution in [0.1, 0.15) is 55.4 Å². The smallest absolute Gasteiger partial charge is 0.455 e. The van der Waals surface area contributed by atoms with Crippen LogP contribution in [0.15, 0.2) is 83.9 Å². The number of hydrogen-bond donors (Lipinski definition) is 2. The highest BCUT2D eigenvalue weighted by molar-refractivity contribution is 6.43. The van der Waals surface area contributed by atoms with Gasteiger partial charge in [0.1, 0.15) is 5.75 Å².